The van der Waals surface area contributed by atoms with Gasteiger partial charge in [0.25, 0.3) is 0 Å². The largest absolute Gasteiger partial charge is 0.457 e. The topological polar surface area (TPSA) is 83.6 Å². The van der Waals surface area contributed by atoms with Gasteiger partial charge in [-0.1, -0.05) is 6.07 Å². The average molecular weight is 553 g/mol. The van der Waals surface area contributed by atoms with Crippen molar-refractivity contribution in [3.05, 3.63) is 77.0 Å². The summed E-state index contributed by atoms with van der Waals surface area (Å²) in [6.45, 7) is 3.55. The molecule has 0 unspecified atom stereocenters. The van der Waals surface area contributed by atoms with Crippen LogP contribution in [-0.2, 0) is 35.2 Å². The SMILES string of the molecule is CC(=O)Nc1cc(Oc2ccc3c(c2)C[C@H](C(=O)Nc2cc(CN4CCCC4)cc(C(F)(F)F)c2)CC3)ccn1. The zero-order chi connectivity index (χ0) is 28.3. The maximum atomic E-state index is 13.6. The molecule has 0 radical (unpaired) electrons. The third-order valence-electron chi connectivity index (χ3n) is 7.24. The molecule has 10 heteroatoms. The summed E-state index contributed by atoms with van der Waals surface area (Å²) in [6.07, 6.45) is 0.841. The quantitative estimate of drug-likeness (QED) is 0.365. The number of fused-ring (bicyclic) bond motifs is 1. The fraction of sp³-hybridized carbons (Fsp3) is 0.367. The normalized spacial score (nSPS) is 17.2. The number of anilines is 2. The van der Waals surface area contributed by atoms with Crippen molar-refractivity contribution < 1.29 is 27.5 Å². The minimum absolute atomic E-state index is 0.171. The van der Waals surface area contributed by atoms with Crippen LogP contribution in [-0.4, -0.2) is 34.8 Å². The van der Waals surface area contributed by atoms with Crippen LogP contribution in [0.2, 0.25) is 0 Å². The van der Waals surface area contributed by atoms with Gasteiger partial charge in [-0.25, -0.2) is 4.98 Å². The lowest BCUT2D eigenvalue weighted by molar-refractivity contribution is -0.137. The number of pyridine rings is 1. The fourth-order valence-corrected chi connectivity index (χ4v) is 5.34. The van der Waals surface area contributed by atoms with Crippen LogP contribution in [0.4, 0.5) is 24.7 Å². The first-order valence-electron chi connectivity index (χ1n) is 13.4. The van der Waals surface area contributed by atoms with Crippen LogP contribution in [0.3, 0.4) is 0 Å². The highest BCUT2D eigenvalue weighted by Crippen LogP contribution is 2.34. The van der Waals surface area contributed by atoms with Crippen molar-refractivity contribution >= 4 is 23.3 Å². The average Bonchev–Trinajstić information content (AvgIpc) is 3.40. The molecule has 40 heavy (non-hydrogen) atoms. The molecule has 1 fully saturated rings. The van der Waals surface area contributed by atoms with Gasteiger partial charge < -0.3 is 15.4 Å². The zero-order valence-electron chi connectivity index (χ0n) is 22.2. The maximum Gasteiger partial charge on any atom is 0.416 e. The van der Waals surface area contributed by atoms with E-state index in [2.05, 4.69) is 20.5 Å². The predicted molar refractivity (Wildman–Crippen MR) is 145 cm³/mol. The Morgan fingerprint density at radius 1 is 1.00 bits per heavy atom. The Morgan fingerprint density at radius 2 is 1.77 bits per heavy atom. The highest BCUT2D eigenvalue weighted by Gasteiger charge is 2.32. The summed E-state index contributed by atoms with van der Waals surface area (Å²) in [5.41, 5.74) is 2.02. The molecule has 7 nitrogen and oxygen atoms in total. The highest BCUT2D eigenvalue weighted by atomic mass is 19.4. The summed E-state index contributed by atoms with van der Waals surface area (Å²) in [6, 6.07) is 12.8. The van der Waals surface area contributed by atoms with Crippen molar-refractivity contribution in [2.75, 3.05) is 23.7 Å². The van der Waals surface area contributed by atoms with Crippen LogP contribution in [0.25, 0.3) is 0 Å². The number of amides is 2. The molecule has 0 saturated carbocycles. The summed E-state index contributed by atoms with van der Waals surface area (Å²) >= 11 is 0. The van der Waals surface area contributed by atoms with Crippen molar-refractivity contribution in [1.82, 2.24) is 9.88 Å². The molecule has 2 aromatic carbocycles. The molecule has 2 aliphatic rings. The lowest BCUT2D eigenvalue weighted by atomic mass is 9.83. The van der Waals surface area contributed by atoms with E-state index in [1.54, 1.807) is 18.2 Å². The Morgan fingerprint density at radius 3 is 2.52 bits per heavy atom. The Labute approximate surface area is 230 Å². The van der Waals surface area contributed by atoms with E-state index in [4.69, 9.17) is 4.74 Å². The second-order valence-electron chi connectivity index (χ2n) is 10.4. The molecule has 1 atom stereocenters. The van der Waals surface area contributed by atoms with Crippen molar-refractivity contribution in [2.45, 2.75) is 51.7 Å². The molecule has 2 heterocycles. The third kappa shape index (κ3) is 6.98. The number of carbonyl (C=O) groups excluding carboxylic acids is 2. The van der Waals surface area contributed by atoms with Gasteiger partial charge in [-0.05, 0) is 98.3 Å². The number of ether oxygens (including phenoxy) is 1. The standard InChI is InChI=1S/C30H31F3N4O3/c1-19(38)35-28-17-27(8-9-34-28)40-26-7-6-21-4-5-22(14-23(21)15-26)29(39)36-25-13-20(18-37-10-2-3-11-37)12-24(16-25)30(31,32)33/h6-9,12-13,15-17,22H,2-5,10-11,14,18H2,1H3,(H,36,39)(H,34,35,38)/t22-/m1/s1. The Balaban J connectivity index is 1.28. The number of alkyl halides is 3. The second-order valence-corrected chi connectivity index (χ2v) is 10.4. The number of benzene rings is 2. The molecular weight excluding hydrogens is 521 g/mol. The molecule has 3 aromatic rings. The number of rotatable bonds is 7. The molecule has 1 aliphatic heterocycles. The van der Waals surface area contributed by atoms with Gasteiger partial charge in [-0.2, -0.15) is 13.2 Å². The van der Waals surface area contributed by atoms with Gasteiger partial charge in [-0.3, -0.25) is 14.5 Å². The van der Waals surface area contributed by atoms with Crippen LogP contribution in [0, 0.1) is 5.92 Å². The molecule has 0 bridgehead atoms. The first-order chi connectivity index (χ1) is 19.1. The van der Waals surface area contributed by atoms with Crippen molar-refractivity contribution in [2.24, 2.45) is 5.92 Å². The van der Waals surface area contributed by atoms with E-state index < -0.39 is 11.7 Å². The van der Waals surface area contributed by atoms with E-state index in [1.165, 1.54) is 19.2 Å². The Kier molecular flexibility index (Phi) is 8.07. The summed E-state index contributed by atoms with van der Waals surface area (Å²) < 4.78 is 46.9. The van der Waals surface area contributed by atoms with E-state index in [0.717, 1.165) is 43.1 Å². The van der Waals surface area contributed by atoms with Crippen LogP contribution < -0.4 is 15.4 Å². The summed E-state index contributed by atoms with van der Waals surface area (Å²) in [4.78, 5) is 30.7. The molecule has 2 amide bonds. The second kappa shape index (κ2) is 11.7. The van der Waals surface area contributed by atoms with Crippen LogP contribution in [0.1, 0.15) is 48.4 Å². The van der Waals surface area contributed by atoms with E-state index >= 15 is 0 Å². The van der Waals surface area contributed by atoms with Crippen molar-refractivity contribution in [1.29, 1.82) is 0 Å². The number of halogens is 3. The number of likely N-dealkylation sites (tertiary alicyclic amines) is 1. The minimum atomic E-state index is -4.50. The van der Waals surface area contributed by atoms with Gasteiger partial charge in [0, 0.05) is 37.3 Å². The number of nitrogens with one attached hydrogen (secondary N) is 2. The number of hydrogen-bond acceptors (Lipinski definition) is 5. The molecule has 210 valence electrons. The van der Waals surface area contributed by atoms with Gasteiger partial charge in [0.1, 0.15) is 17.3 Å². The van der Waals surface area contributed by atoms with E-state index in [0.29, 0.717) is 48.7 Å². The molecule has 2 N–H and O–H groups in total. The number of hydrogen-bond donors (Lipinski definition) is 2. The number of nitrogens with zero attached hydrogens (tertiary/aromatic N) is 2. The van der Waals surface area contributed by atoms with E-state index in [1.807, 2.05) is 18.2 Å². The van der Waals surface area contributed by atoms with E-state index in [-0.39, 0.29) is 23.4 Å². The molecule has 1 saturated heterocycles. The number of aryl methyl sites for hydroxylation is 1. The van der Waals surface area contributed by atoms with Crippen molar-refractivity contribution in [3.63, 3.8) is 0 Å². The third-order valence-corrected chi connectivity index (χ3v) is 7.24. The van der Waals surface area contributed by atoms with Gasteiger partial charge in [0.05, 0.1) is 5.56 Å². The predicted octanol–water partition coefficient (Wildman–Crippen LogP) is 6.19. The van der Waals surface area contributed by atoms with E-state index in [9.17, 15) is 22.8 Å². The van der Waals surface area contributed by atoms with Crippen molar-refractivity contribution in [3.8, 4) is 11.5 Å². The van der Waals surface area contributed by atoms with Gasteiger partial charge in [-0.15, -0.1) is 0 Å². The Bertz CT molecular complexity index is 1400. The monoisotopic (exact) mass is 552 g/mol. The highest BCUT2D eigenvalue weighted by molar-refractivity contribution is 5.93. The summed E-state index contributed by atoms with van der Waals surface area (Å²) in [5, 5.41) is 5.38. The lowest BCUT2D eigenvalue weighted by Crippen LogP contribution is -2.28. The molecular formula is C30H31F3N4O3. The van der Waals surface area contributed by atoms with Gasteiger partial charge >= 0.3 is 6.18 Å². The molecule has 0 spiro atoms. The molecule has 1 aromatic heterocycles. The minimum Gasteiger partial charge on any atom is -0.457 e. The first-order valence-corrected chi connectivity index (χ1v) is 13.4. The maximum absolute atomic E-state index is 13.6. The lowest BCUT2D eigenvalue weighted by Gasteiger charge is -2.25. The molecule has 1 aliphatic carbocycles. The summed E-state index contributed by atoms with van der Waals surface area (Å²) in [7, 11) is 0. The van der Waals surface area contributed by atoms with Gasteiger partial charge in [0.15, 0.2) is 0 Å². The zero-order valence-corrected chi connectivity index (χ0v) is 22.2. The Hall–Kier alpha value is -3.92. The van der Waals surface area contributed by atoms with Crippen LogP contribution in [0.5, 0.6) is 11.5 Å². The molecule has 5 rings (SSSR count). The van der Waals surface area contributed by atoms with Gasteiger partial charge in [0.2, 0.25) is 11.8 Å². The van der Waals surface area contributed by atoms with Crippen LogP contribution >= 0.6 is 0 Å². The number of aromatic nitrogens is 1. The van der Waals surface area contributed by atoms with Crippen LogP contribution in [0.15, 0.2) is 54.7 Å². The summed E-state index contributed by atoms with van der Waals surface area (Å²) in [5.74, 6) is 0.528. The smallest absolute Gasteiger partial charge is 0.416 e. The first kappa shape index (κ1) is 27.6. The fourth-order valence-electron chi connectivity index (χ4n) is 5.34. The number of carbonyl (C=O) groups is 2.